The second-order valence-corrected chi connectivity index (χ2v) is 5.29. The molecule has 0 heterocycles. The Kier molecular flexibility index (Phi) is 6.31. The first kappa shape index (κ1) is 14.5. The summed E-state index contributed by atoms with van der Waals surface area (Å²) in [7, 11) is 0. The van der Waals surface area contributed by atoms with Gasteiger partial charge in [0.25, 0.3) is 0 Å². The Morgan fingerprint density at radius 1 is 1.16 bits per heavy atom. The molecule has 0 bridgehead atoms. The zero-order valence-electron chi connectivity index (χ0n) is 11.5. The molecule has 2 nitrogen and oxygen atoms in total. The molecule has 0 atom stereocenters. The van der Waals surface area contributed by atoms with Crippen molar-refractivity contribution in [1.29, 1.82) is 0 Å². The Hall–Kier alpha value is -0.930. The zero-order valence-corrected chi connectivity index (χ0v) is 11.5. The van der Waals surface area contributed by atoms with E-state index >= 15 is 0 Å². The molecular formula is C16H24FNO. The number of halogens is 1. The van der Waals surface area contributed by atoms with Crippen LogP contribution in [-0.4, -0.2) is 19.2 Å². The summed E-state index contributed by atoms with van der Waals surface area (Å²) in [6.45, 7) is 2.06. The van der Waals surface area contributed by atoms with Gasteiger partial charge in [-0.25, -0.2) is 4.39 Å². The lowest BCUT2D eigenvalue weighted by atomic mass is 9.95. The number of benzene rings is 1. The Morgan fingerprint density at radius 2 is 1.95 bits per heavy atom. The van der Waals surface area contributed by atoms with Crippen LogP contribution in [0.25, 0.3) is 0 Å². The van der Waals surface area contributed by atoms with Crippen LogP contribution in [0.2, 0.25) is 0 Å². The largest absolute Gasteiger partial charge is 0.377 e. The molecular weight excluding hydrogens is 241 g/mol. The van der Waals surface area contributed by atoms with E-state index in [9.17, 15) is 4.39 Å². The zero-order chi connectivity index (χ0) is 13.3. The minimum Gasteiger partial charge on any atom is -0.377 e. The van der Waals surface area contributed by atoms with Crippen LogP contribution < -0.4 is 5.32 Å². The lowest BCUT2D eigenvalue weighted by molar-refractivity contribution is 0.115. The molecule has 0 aromatic heterocycles. The molecule has 1 aromatic rings. The minimum atomic E-state index is -0.178. The van der Waals surface area contributed by atoms with Crippen molar-refractivity contribution >= 4 is 0 Å². The van der Waals surface area contributed by atoms with Crippen LogP contribution in [0.3, 0.4) is 0 Å². The Bertz CT molecular complexity index is 364. The van der Waals surface area contributed by atoms with Crippen LogP contribution >= 0.6 is 0 Å². The van der Waals surface area contributed by atoms with Crippen molar-refractivity contribution in [3.8, 4) is 0 Å². The highest BCUT2D eigenvalue weighted by Gasteiger charge is 2.11. The van der Waals surface area contributed by atoms with Crippen molar-refractivity contribution < 1.29 is 9.13 Å². The van der Waals surface area contributed by atoms with Gasteiger partial charge in [0, 0.05) is 18.2 Å². The maximum Gasteiger partial charge on any atom is 0.128 e. The van der Waals surface area contributed by atoms with Crippen molar-refractivity contribution in [1.82, 2.24) is 5.32 Å². The second-order valence-electron chi connectivity index (χ2n) is 5.29. The number of hydrogen-bond donors (Lipinski definition) is 1. The predicted octanol–water partition coefficient (Wildman–Crippen LogP) is 3.65. The van der Waals surface area contributed by atoms with Gasteiger partial charge in [-0.3, -0.25) is 0 Å². The van der Waals surface area contributed by atoms with Crippen LogP contribution in [0.4, 0.5) is 4.39 Å². The predicted molar refractivity (Wildman–Crippen MR) is 75.5 cm³/mol. The topological polar surface area (TPSA) is 21.3 Å². The smallest absolute Gasteiger partial charge is 0.128 e. The molecule has 0 amide bonds. The van der Waals surface area contributed by atoms with Gasteiger partial charge in [0.05, 0.1) is 6.61 Å². The van der Waals surface area contributed by atoms with E-state index < -0.39 is 0 Å². The summed E-state index contributed by atoms with van der Waals surface area (Å²) in [5, 5.41) is 3.58. The Balaban J connectivity index is 1.51. The molecule has 0 aliphatic heterocycles. The minimum absolute atomic E-state index is 0.178. The maximum atomic E-state index is 13.3. The van der Waals surface area contributed by atoms with Crippen molar-refractivity contribution in [2.75, 3.05) is 13.2 Å². The van der Waals surface area contributed by atoms with E-state index in [0.717, 1.165) is 13.0 Å². The quantitative estimate of drug-likeness (QED) is 0.760. The van der Waals surface area contributed by atoms with E-state index in [-0.39, 0.29) is 5.82 Å². The van der Waals surface area contributed by atoms with Crippen LogP contribution in [-0.2, 0) is 11.3 Å². The molecule has 1 N–H and O–H groups in total. The summed E-state index contributed by atoms with van der Waals surface area (Å²) in [6.07, 6.45) is 7.74. The molecule has 1 aliphatic rings. The molecule has 106 valence electrons. The molecule has 1 fully saturated rings. The molecule has 0 spiro atoms. The Labute approximate surface area is 115 Å². The molecule has 0 radical (unpaired) electrons. The van der Waals surface area contributed by atoms with Crippen molar-refractivity contribution in [3.63, 3.8) is 0 Å². The Morgan fingerprint density at radius 3 is 2.74 bits per heavy atom. The van der Waals surface area contributed by atoms with Gasteiger partial charge in [-0.1, -0.05) is 37.5 Å². The summed E-state index contributed by atoms with van der Waals surface area (Å²) >= 11 is 0. The fourth-order valence-corrected chi connectivity index (χ4v) is 2.58. The normalized spacial score (nSPS) is 16.7. The molecule has 1 aliphatic carbocycles. The first-order valence-corrected chi connectivity index (χ1v) is 7.41. The maximum absolute atomic E-state index is 13.3. The molecule has 2 rings (SSSR count). The van der Waals surface area contributed by atoms with Crippen LogP contribution in [0.1, 0.15) is 44.1 Å². The summed E-state index contributed by atoms with van der Waals surface area (Å²) in [4.78, 5) is 0. The highest BCUT2D eigenvalue weighted by Crippen LogP contribution is 2.17. The van der Waals surface area contributed by atoms with Crippen LogP contribution in [0.15, 0.2) is 24.3 Å². The summed E-state index contributed by atoms with van der Waals surface area (Å²) in [6, 6.07) is 7.50. The average Bonchev–Trinajstić information content (AvgIpc) is 2.45. The van der Waals surface area contributed by atoms with E-state index in [4.69, 9.17) is 4.74 Å². The van der Waals surface area contributed by atoms with Gasteiger partial charge in [-0.05, 0) is 31.9 Å². The summed E-state index contributed by atoms with van der Waals surface area (Å²) in [5.41, 5.74) is 0.641. The molecule has 1 saturated carbocycles. The first-order chi connectivity index (χ1) is 9.36. The number of nitrogens with one attached hydrogen (secondary N) is 1. The SMILES string of the molecule is Fc1ccccc1COCCCNC1CCCCC1. The lowest BCUT2D eigenvalue weighted by Gasteiger charge is -2.22. The average molecular weight is 265 g/mol. The lowest BCUT2D eigenvalue weighted by Crippen LogP contribution is -2.32. The van der Waals surface area contributed by atoms with Gasteiger partial charge >= 0.3 is 0 Å². The van der Waals surface area contributed by atoms with E-state index in [1.54, 1.807) is 12.1 Å². The first-order valence-electron chi connectivity index (χ1n) is 7.41. The molecule has 1 aromatic carbocycles. The standard InChI is InChI=1S/C16H24FNO/c17-16-10-5-4-7-14(16)13-19-12-6-11-18-15-8-2-1-3-9-15/h4-5,7,10,15,18H,1-3,6,8-9,11-13H2. The van der Waals surface area contributed by atoms with Gasteiger partial charge in [0.1, 0.15) is 5.82 Å². The van der Waals surface area contributed by atoms with Crippen molar-refractivity contribution in [2.24, 2.45) is 0 Å². The van der Waals surface area contributed by atoms with Gasteiger partial charge in [-0.2, -0.15) is 0 Å². The second kappa shape index (κ2) is 8.28. The van der Waals surface area contributed by atoms with Crippen LogP contribution in [0, 0.1) is 5.82 Å². The molecule has 0 unspecified atom stereocenters. The summed E-state index contributed by atoms with van der Waals surface area (Å²) in [5.74, 6) is -0.178. The number of ether oxygens (including phenoxy) is 1. The van der Waals surface area contributed by atoms with Gasteiger partial charge in [0.2, 0.25) is 0 Å². The molecule has 19 heavy (non-hydrogen) atoms. The fraction of sp³-hybridized carbons (Fsp3) is 0.625. The van der Waals surface area contributed by atoms with E-state index in [1.165, 1.54) is 38.2 Å². The van der Waals surface area contributed by atoms with E-state index in [1.807, 2.05) is 6.07 Å². The monoisotopic (exact) mass is 265 g/mol. The number of hydrogen-bond acceptors (Lipinski definition) is 2. The van der Waals surface area contributed by atoms with Crippen LogP contribution in [0.5, 0.6) is 0 Å². The third-order valence-electron chi connectivity index (χ3n) is 3.72. The summed E-state index contributed by atoms with van der Waals surface area (Å²) < 4.78 is 18.8. The van der Waals surface area contributed by atoms with Crippen molar-refractivity contribution in [3.05, 3.63) is 35.6 Å². The highest BCUT2D eigenvalue weighted by atomic mass is 19.1. The third-order valence-corrected chi connectivity index (χ3v) is 3.72. The van der Waals surface area contributed by atoms with Crippen molar-refractivity contribution in [2.45, 2.75) is 51.2 Å². The third kappa shape index (κ3) is 5.29. The van der Waals surface area contributed by atoms with Gasteiger partial charge in [0.15, 0.2) is 0 Å². The number of rotatable bonds is 7. The van der Waals surface area contributed by atoms with Gasteiger partial charge in [-0.15, -0.1) is 0 Å². The molecule has 0 saturated heterocycles. The molecule has 3 heteroatoms. The highest BCUT2D eigenvalue weighted by molar-refractivity contribution is 5.16. The fourth-order valence-electron chi connectivity index (χ4n) is 2.58. The van der Waals surface area contributed by atoms with E-state index in [2.05, 4.69) is 5.32 Å². The van der Waals surface area contributed by atoms with E-state index in [0.29, 0.717) is 24.8 Å². The van der Waals surface area contributed by atoms with Gasteiger partial charge < -0.3 is 10.1 Å².